The van der Waals surface area contributed by atoms with Crippen LogP contribution in [0.15, 0.2) is 211 Å². The van der Waals surface area contributed by atoms with Gasteiger partial charge in [0.25, 0.3) is 0 Å². The molecule has 0 radical (unpaired) electrons. The van der Waals surface area contributed by atoms with E-state index in [-0.39, 0.29) is 0 Å². The molecule has 5 nitrogen and oxygen atoms in total. The van der Waals surface area contributed by atoms with Gasteiger partial charge in [-0.2, -0.15) is 0 Å². The topological polar surface area (TPSA) is 48.8 Å². The summed E-state index contributed by atoms with van der Waals surface area (Å²) in [6.07, 6.45) is 0. The highest BCUT2D eigenvalue weighted by molar-refractivity contribution is 6.22. The SMILES string of the molecule is c1ccc(-n2c3ccccc3c3cc(-c4ccc5c(c4)c4c6ccccc6ccc4n5-c4nc(-c5ccc6c(ccc7oc8ccccc8c76)c5)c5ccccc5n4)ccc32)cc1. The number of para-hydroxylation sites is 4. The molecule has 4 heterocycles. The van der Waals surface area contributed by atoms with Crippen molar-refractivity contribution in [3.05, 3.63) is 206 Å². The largest absolute Gasteiger partial charge is 0.456 e. The first-order chi connectivity index (χ1) is 31.2. The van der Waals surface area contributed by atoms with Crippen molar-refractivity contribution in [2.45, 2.75) is 0 Å². The number of hydrogen-bond acceptors (Lipinski definition) is 3. The van der Waals surface area contributed by atoms with Gasteiger partial charge < -0.3 is 8.98 Å². The molecular formula is C58H34N4O. The molecule has 5 heteroatoms. The fraction of sp³-hybridized carbons (Fsp3) is 0. The molecule has 0 fully saturated rings. The van der Waals surface area contributed by atoms with Gasteiger partial charge >= 0.3 is 0 Å². The van der Waals surface area contributed by atoms with Crippen LogP contribution in [0.1, 0.15) is 0 Å². The Kier molecular flexibility index (Phi) is 7.05. The molecule has 0 spiro atoms. The van der Waals surface area contributed by atoms with E-state index in [1.54, 1.807) is 0 Å². The van der Waals surface area contributed by atoms with E-state index in [2.05, 4.69) is 203 Å². The fourth-order valence-corrected chi connectivity index (χ4v) is 10.3. The molecule has 0 unspecified atom stereocenters. The Bertz CT molecular complexity index is 4210. The van der Waals surface area contributed by atoms with Crippen molar-refractivity contribution in [3.8, 4) is 34.0 Å². The van der Waals surface area contributed by atoms with Crippen LogP contribution >= 0.6 is 0 Å². The molecule has 0 saturated carbocycles. The minimum atomic E-state index is 0.637. The van der Waals surface area contributed by atoms with E-state index in [1.165, 1.54) is 43.5 Å². The normalized spacial score (nSPS) is 12.1. The summed E-state index contributed by atoms with van der Waals surface area (Å²) in [4.78, 5) is 10.8. The first-order valence-electron chi connectivity index (χ1n) is 21.4. The molecule has 0 atom stereocenters. The van der Waals surface area contributed by atoms with Gasteiger partial charge in [0.05, 0.1) is 33.3 Å². The van der Waals surface area contributed by atoms with E-state index < -0.39 is 0 Å². The number of furan rings is 1. The van der Waals surface area contributed by atoms with Crippen LogP contribution in [0.3, 0.4) is 0 Å². The summed E-state index contributed by atoms with van der Waals surface area (Å²) in [5.41, 5.74) is 12.6. The quantitative estimate of drug-likeness (QED) is 0.178. The van der Waals surface area contributed by atoms with Crippen LogP contribution in [-0.2, 0) is 0 Å². The predicted molar refractivity (Wildman–Crippen MR) is 261 cm³/mol. The summed E-state index contributed by atoms with van der Waals surface area (Å²) in [6, 6.07) is 73.8. The van der Waals surface area contributed by atoms with Gasteiger partial charge in [0, 0.05) is 49.0 Å². The lowest BCUT2D eigenvalue weighted by Gasteiger charge is -2.13. The molecule has 14 rings (SSSR count). The highest BCUT2D eigenvalue weighted by Gasteiger charge is 2.21. The van der Waals surface area contributed by atoms with Crippen molar-refractivity contribution in [3.63, 3.8) is 0 Å². The lowest BCUT2D eigenvalue weighted by atomic mass is 9.99. The Balaban J connectivity index is 0.986. The molecule has 0 N–H and O–H groups in total. The smallest absolute Gasteiger partial charge is 0.235 e. The average Bonchev–Trinajstić information content (AvgIpc) is 4.01. The minimum Gasteiger partial charge on any atom is -0.456 e. The fourth-order valence-electron chi connectivity index (χ4n) is 10.3. The van der Waals surface area contributed by atoms with Crippen molar-refractivity contribution in [1.82, 2.24) is 19.1 Å². The van der Waals surface area contributed by atoms with Gasteiger partial charge in [0.2, 0.25) is 5.95 Å². The molecule has 0 saturated heterocycles. The predicted octanol–water partition coefficient (Wildman–Crippen LogP) is 15.4. The number of rotatable bonds is 4. The van der Waals surface area contributed by atoms with Crippen LogP contribution in [-0.4, -0.2) is 19.1 Å². The van der Waals surface area contributed by atoms with E-state index in [0.29, 0.717) is 5.95 Å². The van der Waals surface area contributed by atoms with Crippen LogP contribution in [0.5, 0.6) is 0 Å². The van der Waals surface area contributed by atoms with Gasteiger partial charge in [-0.05, 0) is 105 Å². The number of nitrogens with zero attached hydrogens (tertiary/aromatic N) is 4. The Hall–Kier alpha value is -8.54. The summed E-state index contributed by atoms with van der Waals surface area (Å²) in [6.45, 7) is 0. The highest BCUT2D eigenvalue weighted by Crippen LogP contribution is 2.42. The van der Waals surface area contributed by atoms with Gasteiger partial charge in [0.15, 0.2) is 0 Å². The molecule has 63 heavy (non-hydrogen) atoms. The van der Waals surface area contributed by atoms with E-state index in [4.69, 9.17) is 14.4 Å². The summed E-state index contributed by atoms with van der Waals surface area (Å²) in [5.74, 6) is 0.637. The molecule has 4 aromatic heterocycles. The molecule has 0 amide bonds. The van der Waals surface area contributed by atoms with Gasteiger partial charge in [-0.25, -0.2) is 9.97 Å². The molecule has 0 aliphatic carbocycles. The maximum atomic E-state index is 6.24. The van der Waals surface area contributed by atoms with Gasteiger partial charge in [-0.3, -0.25) is 4.57 Å². The third-order valence-electron chi connectivity index (χ3n) is 13.1. The van der Waals surface area contributed by atoms with Crippen LogP contribution in [0.25, 0.3) is 132 Å². The Labute approximate surface area is 360 Å². The summed E-state index contributed by atoms with van der Waals surface area (Å²) in [7, 11) is 0. The molecule has 292 valence electrons. The van der Waals surface area contributed by atoms with Gasteiger partial charge in [-0.15, -0.1) is 0 Å². The molecular weight excluding hydrogens is 769 g/mol. The molecule has 0 aliphatic rings. The van der Waals surface area contributed by atoms with Crippen molar-refractivity contribution >= 4 is 98.0 Å². The second-order valence-corrected chi connectivity index (χ2v) is 16.5. The van der Waals surface area contributed by atoms with Crippen molar-refractivity contribution in [1.29, 1.82) is 0 Å². The van der Waals surface area contributed by atoms with Crippen molar-refractivity contribution in [2.24, 2.45) is 0 Å². The van der Waals surface area contributed by atoms with E-state index in [0.717, 1.165) is 82.5 Å². The third kappa shape index (κ3) is 4.99. The number of hydrogen-bond donors (Lipinski definition) is 0. The highest BCUT2D eigenvalue weighted by atomic mass is 16.3. The zero-order valence-electron chi connectivity index (χ0n) is 33.8. The Morgan fingerprint density at radius 2 is 0.968 bits per heavy atom. The van der Waals surface area contributed by atoms with Gasteiger partial charge in [-0.1, -0.05) is 133 Å². The van der Waals surface area contributed by atoms with Gasteiger partial charge in [0.1, 0.15) is 11.2 Å². The second-order valence-electron chi connectivity index (χ2n) is 16.5. The zero-order chi connectivity index (χ0) is 41.2. The Morgan fingerprint density at radius 3 is 1.84 bits per heavy atom. The first kappa shape index (κ1) is 34.2. The zero-order valence-corrected chi connectivity index (χ0v) is 33.8. The van der Waals surface area contributed by atoms with Crippen LogP contribution in [0.4, 0.5) is 0 Å². The summed E-state index contributed by atoms with van der Waals surface area (Å²) in [5, 5.41) is 12.8. The van der Waals surface area contributed by atoms with Crippen molar-refractivity contribution in [2.75, 3.05) is 0 Å². The third-order valence-corrected chi connectivity index (χ3v) is 13.1. The maximum absolute atomic E-state index is 6.24. The number of aromatic nitrogens is 4. The summed E-state index contributed by atoms with van der Waals surface area (Å²) >= 11 is 0. The van der Waals surface area contributed by atoms with Crippen LogP contribution in [0, 0.1) is 0 Å². The number of fused-ring (bicyclic) bond motifs is 14. The average molecular weight is 803 g/mol. The molecule has 0 bridgehead atoms. The van der Waals surface area contributed by atoms with E-state index in [9.17, 15) is 0 Å². The first-order valence-corrected chi connectivity index (χ1v) is 21.4. The number of benzene rings is 10. The maximum Gasteiger partial charge on any atom is 0.235 e. The molecule has 10 aromatic carbocycles. The van der Waals surface area contributed by atoms with E-state index >= 15 is 0 Å². The lowest BCUT2D eigenvalue weighted by molar-refractivity contribution is 0.669. The monoisotopic (exact) mass is 802 g/mol. The van der Waals surface area contributed by atoms with Crippen LogP contribution < -0.4 is 0 Å². The lowest BCUT2D eigenvalue weighted by Crippen LogP contribution is -2.03. The molecule has 14 aromatic rings. The van der Waals surface area contributed by atoms with E-state index in [1.807, 2.05) is 12.1 Å². The van der Waals surface area contributed by atoms with Crippen LogP contribution in [0.2, 0.25) is 0 Å². The second kappa shape index (κ2) is 13.0. The Morgan fingerprint density at radius 1 is 0.333 bits per heavy atom. The standard InChI is InChI=1S/C58H34N4O/c1-2-13-40(14-3-1)61-49-20-10-7-16-43(49)46-33-36(24-28-50(46)61)37-25-29-51-47(34-37)55-41-15-5-4-12-35(41)23-30-52(55)62(51)58-59-48-19-9-6-17-44(48)57(60-58)39-22-27-42-38(32-39)26-31-54-56(42)45-18-8-11-21-53(45)63-54/h1-34H. The molecule has 0 aliphatic heterocycles. The summed E-state index contributed by atoms with van der Waals surface area (Å²) < 4.78 is 10.9. The van der Waals surface area contributed by atoms with Crippen molar-refractivity contribution < 1.29 is 4.42 Å². The minimum absolute atomic E-state index is 0.637.